The molecule has 4 aliphatic rings. The van der Waals surface area contributed by atoms with E-state index in [0.29, 0.717) is 0 Å². The molecular weight excluding hydrogens is 194 g/mol. The van der Waals surface area contributed by atoms with Gasteiger partial charge in [-0.3, -0.25) is 0 Å². The second kappa shape index (κ2) is 4.06. The van der Waals surface area contributed by atoms with Crippen molar-refractivity contribution >= 4 is 0 Å². The van der Waals surface area contributed by atoms with Crippen molar-refractivity contribution in [2.45, 2.75) is 64.2 Å². The van der Waals surface area contributed by atoms with Gasteiger partial charge in [0.25, 0.3) is 0 Å². The molecule has 0 aromatic heterocycles. The van der Waals surface area contributed by atoms with Crippen molar-refractivity contribution in [1.29, 1.82) is 5.26 Å². The SMILES string of the molecule is N#CCCCCC12CC3CC(CC(C3)C1)C2. The Morgan fingerprint density at radius 2 is 1.50 bits per heavy atom. The van der Waals surface area contributed by atoms with Gasteiger partial charge in [-0.2, -0.15) is 5.26 Å². The van der Waals surface area contributed by atoms with Crippen LogP contribution < -0.4 is 0 Å². The first kappa shape index (κ1) is 10.6. The van der Waals surface area contributed by atoms with Crippen LogP contribution in [0, 0.1) is 34.5 Å². The maximum Gasteiger partial charge on any atom is 0.0621 e. The predicted octanol–water partition coefficient (Wildman–Crippen LogP) is 4.29. The third-order valence-electron chi connectivity index (χ3n) is 5.41. The Kier molecular flexibility index (Phi) is 2.70. The van der Waals surface area contributed by atoms with Gasteiger partial charge in [-0.25, -0.2) is 0 Å². The number of nitriles is 1. The van der Waals surface area contributed by atoms with E-state index in [1.165, 1.54) is 32.1 Å². The zero-order chi connectivity index (χ0) is 11.0. The quantitative estimate of drug-likeness (QED) is 0.644. The van der Waals surface area contributed by atoms with E-state index in [4.69, 9.17) is 5.26 Å². The summed E-state index contributed by atoms with van der Waals surface area (Å²) in [4.78, 5) is 0. The number of rotatable bonds is 4. The molecule has 0 aliphatic heterocycles. The van der Waals surface area contributed by atoms with Crippen molar-refractivity contribution in [2.24, 2.45) is 23.2 Å². The van der Waals surface area contributed by atoms with Crippen LogP contribution in [0.4, 0.5) is 0 Å². The van der Waals surface area contributed by atoms with Crippen LogP contribution in [-0.4, -0.2) is 0 Å². The van der Waals surface area contributed by atoms with E-state index in [1.54, 1.807) is 19.3 Å². The highest BCUT2D eigenvalue weighted by Gasteiger charge is 2.50. The normalized spacial score (nSPS) is 44.6. The first-order chi connectivity index (χ1) is 7.80. The van der Waals surface area contributed by atoms with Gasteiger partial charge < -0.3 is 0 Å². The molecule has 0 heterocycles. The number of hydrogen-bond acceptors (Lipinski definition) is 1. The predicted molar refractivity (Wildman–Crippen MR) is 64.7 cm³/mol. The Morgan fingerprint density at radius 1 is 0.938 bits per heavy atom. The Bertz CT molecular complexity index is 264. The molecule has 0 spiro atoms. The van der Waals surface area contributed by atoms with Crippen LogP contribution in [0.25, 0.3) is 0 Å². The average Bonchev–Trinajstić information content (AvgIpc) is 2.22. The molecule has 0 atom stereocenters. The number of hydrogen-bond donors (Lipinski definition) is 0. The van der Waals surface area contributed by atoms with Crippen LogP contribution in [0.2, 0.25) is 0 Å². The van der Waals surface area contributed by atoms with Crippen LogP contribution in [0.1, 0.15) is 64.2 Å². The molecule has 0 saturated heterocycles. The van der Waals surface area contributed by atoms with Gasteiger partial charge in [-0.1, -0.05) is 6.42 Å². The third-order valence-corrected chi connectivity index (χ3v) is 5.41. The molecule has 4 fully saturated rings. The lowest BCUT2D eigenvalue weighted by Crippen LogP contribution is -2.45. The molecule has 0 N–H and O–H groups in total. The van der Waals surface area contributed by atoms with Crippen LogP contribution >= 0.6 is 0 Å². The highest BCUT2D eigenvalue weighted by molar-refractivity contribution is 5.01. The van der Waals surface area contributed by atoms with Crippen LogP contribution in [-0.2, 0) is 0 Å². The fraction of sp³-hybridized carbons (Fsp3) is 0.933. The minimum absolute atomic E-state index is 0.740. The van der Waals surface area contributed by atoms with Crippen LogP contribution in [0.3, 0.4) is 0 Å². The zero-order valence-corrected chi connectivity index (χ0v) is 10.3. The summed E-state index contributed by atoms with van der Waals surface area (Å²) < 4.78 is 0. The van der Waals surface area contributed by atoms with E-state index < -0.39 is 0 Å². The smallest absolute Gasteiger partial charge is 0.0621 e. The second-order valence-electron chi connectivity index (χ2n) is 6.78. The van der Waals surface area contributed by atoms with Crippen LogP contribution in [0.15, 0.2) is 0 Å². The molecule has 4 saturated carbocycles. The summed E-state index contributed by atoms with van der Waals surface area (Å²) in [7, 11) is 0. The summed E-state index contributed by atoms with van der Waals surface area (Å²) in [5.41, 5.74) is 0.740. The van der Waals surface area contributed by atoms with E-state index >= 15 is 0 Å². The van der Waals surface area contributed by atoms with E-state index in [2.05, 4.69) is 6.07 Å². The lowest BCUT2D eigenvalue weighted by atomic mass is 9.48. The summed E-state index contributed by atoms with van der Waals surface area (Å²) >= 11 is 0. The Balaban J connectivity index is 1.59. The molecule has 1 nitrogen and oxygen atoms in total. The summed E-state index contributed by atoms with van der Waals surface area (Å²) in [6, 6.07) is 2.28. The highest BCUT2D eigenvalue weighted by atomic mass is 14.5. The summed E-state index contributed by atoms with van der Waals surface area (Å²) in [6.07, 6.45) is 13.9. The van der Waals surface area contributed by atoms with Crippen molar-refractivity contribution in [2.75, 3.05) is 0 Å². The molecule has 4 aliphatic carbocycles. The molecule has 1 heteroatoms. The zero-order valence-electron chi connectivity index (χ0n) is 10.3. The molecule has 0 aromatic rings. The molecule has 4 rings (SSSR count). The average molecular weight is 217 g/mol. The molecule has 0 radical (unpaired) electrons. The summed E-state index contributed by atoms with van der Waals surface area (Å²) in [5, 5.41) is 8.58. The van der Waals surface area contributed by atoms with Gasteiger partial charge in [0.2, 0.25) is 0 Å². The van der Waals surface area contributed by atoms with Crippen molar-refractivity contribution in [3.05, 3.63) is 0 Å². The first-order valence-corrected chi connectivity index (χ1v) is 7.17. The van der Waals surface area contributed by atoms with Crippen molar-refractivity contribution in [3.63, 3.8) is 0 Å². The largest absolute Gasteiger partial charge is 0.198 e. The van der Waals surface area contributed by atoms with Crippen molar-refractivity contribution < 1.29 is 0 Å². The third kappa shape index (κ3) is 1.88. The number of nitrogens with zero attached hydrogens (tertiary/aromatic N) is 1. The Labute approximate surface area is 99.2 Å². The standard InChI is InChI=1S/C15H23N/c16-5-3-1-2-4-15-9-12-6-13(10-15)8-14(7-12)11-15/h12-14H,1-4,6-11H2. The first-order valence-electron chi connectivity index (χ1n) is 7.17. The fourth-order valence-electron chi connectivity index (χ4n) is 5.30. The molecule has 16 heavy (non-hydrogen) atoms. The summed E-state index contributed by atoms with van der Waals surface area (Å²) in [5.74, 6) is 3.26. The highest BCUT2D eigenvalue weighted by Crippen LogP contribution is 2.61. The van der Waals surface area contributed by atoms with Crippen LogP contribution in [0.5, 0.6) is 0 Å². The van der Waals surface area contributed by atoms with Gasteiger partial charge in [-0.05, 0) is 74.5 Å². The minimum atomic E-state index is 0.740. The van der Waals surface area contributed by atoms with Gasteiger partial charge >= 0.3 is 0 Å². The van der Waals surface area contributed by atoms with E-state index in [9.17, 15) is 0 Å². The molecule has 88 valence electrons. The van der Waals surface area contributed by atoms with E-state index in [-0.39, 0.29) is 0 Å². The lowest BCUT2D eigenvalue weighted by molar-refractivity contribution is -0.0582. The maximum absolute atomic E-state index is 8.58. The van der Waals surface area contributed by atoms with Gasteiger partial charge in [0, 0.05) is 6.42 Å². The van der Waals surface area contributed by atoms with Crippen molar-refractivity contribution in [3.8, 4) is 6.07 Å². The molecule has 4 bridgehead atoms. The Hall–Kier alpha value is -0.510. The van der Waals surface area contributed by atoms with Gasteiger partial charge in [0.1, 0.15) is 0 Å². The maximum atomic E-state index is 8.58. The topological polar surface area (TPSA) is 23.8 Å². The molecular formula is C15H23N. The summed E-state index contributed by atoms with van der Waals surface area (Å²) in [6.45, 7) is 0. The number of unbranched alkanes of at least 4 members (excludes halogenated alkanes) is 2. The fourth-order valence-corrected chi connectivity index (χ4v) is 5.30. The van der Waals surface area contributed by atoms with Crippen molar-refractivity contribution in [1.82, 2.24) is 0 Å². The Morgan fingerprint density at radius 3 is 2.00 bits per heavy atom. The molecule has 0 unspecified atom stereocenters. The molecule has 0 amide bonds. The minimum Gasteiger partial charge on any atom is -0.198 e. The van der Waals surface area contributed by atoms with Gasteiger partial charge in [-0.15, -0.1) is 0 Å². The van der Waals surface area contributed by atoms with Gasteiger partial charge in [0.15, 0.2) is 0 Å². The molecule has 0 aromatic carbocycles. The second-order valence-corrected chi connectivity index (χ2v) is 6.78. The van der Waals surface area contributed by atoms with Gasteiger partial charge in [0.05, 0.1) is 6.07 Å². The van der Waals surface area contributed by atoms with E-state index in [0.717, 1.165) is 36.0 Å². The lowest BCUT2D eigenvalue weighted by Gasteiger charge is -2.57. The van der Waals surface area contributed by atoms with E-state index in [1.807, 2.05) is 0 Å². The monoisotopic (exact) mass is 217 g/mol.